The lowest BCUT2D eigenvalue weighted by molar-refractivity contribution is -0.166. The normalized spacial score (nSPS) is 38.2. The Hall–Kier alpha value is -0.160. The second kappa shape index (κ2) is 6.43. The zero-order valence-corrected chi connectivity index (χ0v) is 17.6. The van der Waals surface area contributed by atoms with Crippen molar-refractivity contribution >= 4 is 0 Å². The summed E-state index contributed by atoms with van der Waals surface area (Å²) in [5, 5.41) is 0. The van der Waals surface area contributed by atoms with Gasteiger partial charge in [-0.2, -0.15) is 0 Å². The summed E-state index contributed by atoms with van der Waals surface area (Å²) >= 11 is 0. The average Bonchev–Trinajstić information content (AvgIpc) is 2.89. The summed E-state index contributed by atoms with van der Waals surface area (Å²) in [6.07, 6.45) is 6.70. The van der Waals surface area contributed by atoms with Crippen LogP contribution >= 0.6 is 0 Å². The van der Waals surface area contributed by atoms with E-state index in [4.69, 9.17) is 14.2 Å². The van der Waals surface area contributed by atoms with Crippen LogP contribution in [0, 0.1) is 16.7 Å². The van der Waals surface area contributed by atoms with Crippen LogP contribution in [0.1, 0.15) is 66.7 Å². The van der Waals surface area contributed by atoms with E-state index in [1.54, 1.807) is 0 Å². The quantitative estimate of drug-likeness (QED) is 0.756. The molecule has 150 valence electrons. The number of ether oxygens (including phenoxy) is 3. The highest BCUT2D eigenvalue weighted by Gasteiger charge is 2.58. The van der Waals surface area contributed by atoms with E-state index < -0.39 is 0 Å². The highest BCUT2D eigenvalue weighted by molar-refractivity contribution is 5.10. The minimum absolute atomic E-state index is 0.0727. The summed E-state index contributed by atoms with van der Waals surface area (Å²) in [6.45, 7) is 17.5. The van der Waals surface area contributed by atoms with Gasteiger partial charge in [0.15, 0.2) is 0 Å². The van der Waals surface area contributed by atoms with E-state index in [2.05, 4.69) is 39.5 Å². The first-order valence-electron chi connectivity index (χ1n) is 10.8. The predicted octanol–water partition coefficient (Wildman–Crippen LogP) is 3.88. The standard InChI is InChI=1S/C22H39NO3/c1-19(2,3)22-13-17(15-26-22)18(25-16-22)14-20(4,5)21(7-6-8-21)23-9-11-24-12-10-23/h17-18H,6-16H2,1-5H3. The molecule has 4 aliphatic rings. The molecular formula is C22H39NO3. The fourth-order valence-electron chi connectivity index (χ4n) is 6.11. The zero-order chi connectivity index (χ0) is 18.6. The molecule has 4 heteroatoms. The molecule has 0 aromatic rings. The van der Waals surface area contributed by atoms with Crippen molar-refractivity contribution in [3.63, 3.8) is 0 Å². The lowest BCUT2D eigenvalue weighted by Crippen LogP contribution is -2.65. The van der Waals surface area contributed by atoms with Crippen LogP contribution in [0.4, 0.5) is 0 Å². The third-order valence-corrected chi connectivity index (χ3v) is 8.36. The SMILES string of the molecule is CC(C)(C)C12COC(CC(C)(C)C3(N4CCOCC4)CCC3)C(CO1)C2. The largest absolute Gasteiger partial charge is 0.379 e. The molecular weight excluding hydrogens is 326 g/mol. The minimum atomic E-state index is -0.0727. The van der Waals surface area contributed by atoms with Crippen molar-refractivity contribution in [2.45, 2.75) is 84.0 Å². The molecule has 3 aliphatic heterocycles. The molecule has 0 amide bonds. The lowest BCUT2D eigenvalue weighted by atomic mass is 9.56. The molecule has 3 heterocycles. The highest BCUT2D eigenvalue weighted by atomic mass is 16.6. The van der Waals surface area contributed by atoms with Gasteiger partial charge in [0.05, 0.1) is 38.1 Å². The maximum atomic E-state index is 6.51. The highest BCUT2D eigenvalue weighted by Crippen LogP contribution is 2.55. The maximum absolute atomic E-state index is 6.51. The molecule has 0 spiro atoms. The summed E-state index contributed by atoms with van der Waals surface area (Å²) in [4.78, 5) is 2.74. The van der Waals surface area contributed by atoms with Gasteiger partial charge >= 0.3 is 0 Å². The van der Waals surface area contributed by atoms with Gasteiger partial charge in [0, 0.05) is 24.5 Å². The second-order valence-electron chi connectivity index (χ2n) is 10.9. The molecule has 3 unspecified atom stereocenters. The molecule has 1 saturated carbocycles. The van der Waals surface area contributed by atoms with E-state index in [0.29, 0.717) is 17.6 Å². The van der Waals surface area contributed by atoms with Crippen molar-refractivity contribution in [2.24, 2.45) is 16.7 Å². The number of fused-ring (bicyclic) bond motifs is 2. The molecule has 0 aromatic carbocycles. The molecule has 26 heavy (non-hydrogen) atoms. The summed E-state index contributed by atoms with van der Waals surface area (Å²) < 4.78 is 18.5. The topological polar surface area (TPSA) is 30.9 Å². The molecule has 3 atom stereocenters. The molecule has 0 aromatic heterocycles. The molecule has 4 rings (SSSR count). The molecule has 0 radical (unpaired) electrons. The summed E-state index contributed by atoms with van der Waals surface area (Å²) in [7, 11) is 0. The van der Waals surface area contributed by atoms with E-state index in [9.17, 15) is 0 Å². The predicted molar refractivity (Wildman–Crippen MR) is 103 cm³/mol. The molecule has 4 nitrogen and oxygen atoms in total. The van der Waals surface area contributed by atoms with Crippen LogP contribution in [0.2, 0.25) is 0 Å². The Kier molecular flexibility index (Phi) is 4.74. The van der Waals surface area contributed by atoms with Crippen LogP contribution in [-0.4, -0.2) is 61.7 Å². The van der Waals surface area contributed by atoms with Gasteiger partial charge in [-0.25, -0.2) is 0 Å². The third kappa shape index (κ3) is 2.87. The molecule has 3 saturated heterocycles. The van der Waals surface area contributed by atoms with Crippen LogP contribution in [-0.2, 0) is 14.2 Å². The van der Waals surface area contributed by atoms with Gasteiger partial charge in [-0.15, -0.1) is 0 Å². The van der Waals surface area contributed by atoms with Gasteiger partial charge in [0.1, 0.15) is 0 Å². The van der Waals surface area contributed by atoms with Crippen molar-refractivity contribution in [3.8, 4) is 0 Å². The van der Waals surface area contributed by atoms with E-state index in [1.165, 1.54) is 25.7 Å². The van der Waals surface area contributed by atoms with Gasteiger partial charge in [0.2, 0.25) is 0 Å². The molecule has 2 bridgehead atoms. The van der Waals surface area contributed by atoms with Crippen molar-refractivity contribution in [3.05, 3.63) is 0 Å². The second-order valence-corrected chi connectivity index (χ2v) is 10.9. The first-order valence-corrected chi connectivity index (χ1v) is 10.8. The monoisotopic (exact) mass is 365 g/mol. The summed E-state index contributed by atoms with van der Waals surface area (Å²) in [5.74, 6) is 0.559. The Morgan fingerprint density at radius 2 is 1.73 bits per heavy atom. The molecule has 4 fully saturated rings. The van der Waals surface area contributed by atoms with E-state index >= 15 is 0 Å². The van der Waals surface area contributed by atoms with Crippen LogP contribution in [0.5, 0.6) is 0 Å². The first kappa shape index (κ1) is 19.2. The lowest BCUT2D eigenvalue weighted by Gasteiger charge is -2.61. The maximum Gasteiger partial charge on any atom is 0.0967 e. The van der Waals surface area contributed by atoms with Crippen molar-refractivity contribution < 1.29 is 14.2 Å². The Bertz CT molecular complexity index is 516. The van der Waals surface area contributed by atoms with Crippen LogP contribution in [0.3, 0.4) is 0 Å². The van der Waals surface area contributed by atoms with Crippen molar-refractivity contribution in [1.82, 2.24) is 4.90 Å². The Morgan fingerprint density at radius 1 is 1.04 bits per heavy atom. The Labute approximate surface area is 159 Å². The van der Waals surface area contributed by atoms with Gasteiger partial charge in [-0.1, -0.05) is 34.6 Å². The molecule has 1 aliphatic carbocycles. The van der Waals surface area contributed by atoms with E-state index in [-0.39, 0.29) is 16.4 Å². The van der Waals surface area contributed by atoms with Crippen molar-refractivity contribution in [1.29, 1.82) is 0 Å². The van der Waals surface area contributed by atoms with Gasteiger partial charge in [-0.05, 0) is 42.9 Å². The Morgan fingerprint density at radius 3 is 2.31 bits per heavy atom. The van der Waals surface area contributed by atoms with Gasteiger partial charge in [-0.3, -0.25) is 4.90 Å². The number of nitrogens with zero attached hydrogens (tertiary/aromatic N) is 1. The number of rotatable bonds is 4. The van der Waals surface area contributed by atoms with Crippen LogP contribution in [0.25, 0.3) is 0 Å². The first-order chi connectivity index (χ1) is 12.2. The summed E-state index contributed by atoms with van der Waals surface area (Å²) in [6, 6.07) is 0. The minimum Gasteiger partial charge on any atom is -0.379 e. The average molecular weight is 366 g/mol. The Balaban J connectivity index is 1.47. The van der Waals surface area contributed by atoms with Crippen LogP contribution in [0.15, 0.2) is 0 Å². The fraction of sp³-hybridized carbons (Fsp3) is 1.00. The van der Waals surface area contributed by atoms with Gasteiger partial charge in [0.25, 0.3) is 0 Å². The van der Waals surface area contributed by atoms with Gasteiger partial charge < -0.3 is 14.2 Å². The third-order valence-electron chi connectivity index (χ3n) is 8.36. The smallest absolute Gasteiger partial charge is 0.0967 e. The van der Waals surface area contributed by atoms with E-state index in [1.807, 2.05) is 0 Å². The summed E-state index contributed by atoms with van der Waals surface area (Å²) in [5.41, 5.74) is 0.678. The van der Waals surface area contributed by atoms with Crippen molar-refractivity contribution in [2.75, 3.05) is 39.5 Å². The zero-order valence-electron chi connectivity index (χ0n) is 17.6. The number of morpholine rings is 1. The fourth-order valence-corrected chi connectivity index (χ4v) is 6.11. The number of hydrogen-bond acceptors (Lipinski definition) is 4. The van der Waals surface area contributed by atoms with E-state index in [0.717, 1.165) is 45.9 Å². The number of hydrogen-bond donors (Lipinski definition) is 0. The molecule has 0 N–H and O–H groups in total. The van der Waals surface area contributed by atoms with Crippen LogP contribution < -0.4 is 0 Å².